The van der Waals surface area contributed by atoms with Crippen LogP contribution < -0.4 is 0 Å². The van der Waals surface area contributed by atoms with Gasteiger partial charge in [-0.1, -0.05) is 17.3 Å². The van der Waals surface area contributed by atoms with Crippen molar-refractivity contribution in [1.82, 2.24) is 4.98 Å². The fourth-order valence-electron chi connectivity index (χ4n) is 0.788. The predicted molar refractivity (Wildman–Crippen MR) is 55.2 cm³/mol. The summed E-state index contributed by atoms with van der Waals surface area (Å²) in [7, 11) is 0. The molecule has 0 aliphatic carbocycles. The Bertz CT molecular complexity index is 448. The second-order valence-electron chi connectivity index (χ2n) is 2.39. The van der Waals surface area contributed by atoms with E-state index in [4.69, 9.17) is 10.00 Å². The third-order valence-electron chi connectivity index (χ3n) is 1.35. The van der Waals surface area contributed by atoms with Crippen molar-refractivity contribution >= 4 is 17.3 Å². The summed E-state index contributed by atoms with van der Waals surface area (Å²) in [5, 5.41) is 8.79. The Hall–Kier alpha value is -1.85. The van der Waals surface area contributed by atoms with Gasteiger partial charge in [0.25, 0.3) is 0 Å². The summed E-state index contributed by atoms with van der Waals surface area (Å²) in [6.45, 7) is 2.08. The number of carbonyl (C=O) groups is 1. The fraction of sp³-hybridized carbons (Fsp3) is 0.300. The number of ether oxygens (including phenoxy) is 1. The van der Waals surface area contributed by atoms with Crippen molar-refractivity contribution in [3.05, 3.63) is 16.1 Å². The van der Waals surface area contributed by atoms with E-state index in [1.807, 2.05) is 6.07 Å². The van der Waals surface area contributed by atoms with E-state index in [0.717, 1.165) is 11.3 Å². The number of hydrogen-bond donors (Lipinski definition) is 0. The first-order valence-corrected chi connectivity index (χ1v) is 5.08. The lowest BCUT2D eigenvalue weighted by Crippen LogP contribution is -2.01. The zero-order valence-corrected chi connectivity index (χ0v) is 8.93. The molecule has 0 aliphatic heterocycles. The maximum Gasteiger partial charge on any atom is 0.349 e. The Labute approximate surface area is 91.5 Å². The van der Waals surface area contributed by atoms with E-state index >= 15 is 0 Å². The van der Waals surface area contributed by atoms with Crippen LogP contribution in [0.15, 0.2) is 6.20 Å². The van der Waals surface area contributed by atoms with Gasteiger partial charge in [0, 0.05) is 0 Å². The highest BCUT2D eigenvalue weighted by Crippen LogP contribution is 2.12. The van der Waals surface area contributed by atoms with Crippen LogP contribution in [0.5, 0.6) is 0 Å². The zero-order chi connectivity index (χ0) is 11.1. The van der Waals surface area contributed by atoms with Crippen molar-refractivity contribution in [2.75, 3.05) is 6.61 Å². The van der Waals surface area contributed by atoms with Crippen LogP contribution in [0.3, 0.4) is 0 Å². The standard InChI is InChI=1S/C10H8N2O2S/c1-2-14-10(13)8-7-12-9(15-8)5-3-4-6-11/h7H,2,4H2,1H3. The van der Waals surface area contributed by atoms with Crippen LogP contribution in [0.4, 0.5) is 0 Å². The molecule has 0 saturated carbocycles. The van der Waals surface area contributed by atoms with Gasteiger partial charge in [-0.05, 0) is 12.8 Å². The first-order chi connectivity index (χ1) is 7.27. The number of aromatic nitrogens is 1. The van der Waals surface area contributed by atoms with Crippen molar-refractivity contribution in [3.8, 4) is 17.9 Å². The Balaban J connectivity index is 2.70. The van der Waals surface area contributed by atoms with E-state index in [0.29, 0.717) is 16.5 Å². The van der Waals surface area contributed by atoms with E-state index in [2.05, 4.69) is 16.8 Å². The van der Waals surface area contributed by atoms with Gasteiger partial charge in [-0.3, -0.25) is 0 Å². The van der Waals surface area contributed by atoms with Crippen LogP contribution >= 0.6 is 11.3 Å². The van der Waals surface area contributed by atoms with Gasteiger partial charge in [-0.2, -0.15) is 5.26 Å². The van der Waals surface area contributed by atoms with Gasteiger partial charge in [-0.25, -0.2) is 9.78 Å². The lowest BCUT2D eigenvalue weighted by Gasteiger charge is -1.95. The van der Waals surface area contributed by atoms with Crippen molar-refractivity contribution in [1.29, 1.82) is 5.26 Å². The number of thiazole rings is 1. The monoisotopic (exact) mass is 220 g/mol. The minimum absolute atomic E-state index is 0.161. The van der Waals surface area contributed by atoms with Crippen LogP contribution in [-0.2, 0) is 4.74 Å². The summed E-state index contributed by atoms with van der Waals surface area (Å²) in [6, 6.07) is 1.90. The van der Waals surface area contributed by atoms with E-state index in [1.54, 1.807) is 6.92 Å². The van der Waals surface area contributed by atoms with Crippen LogP contribution in [0, 0.1) is 23.2 Å². The smallest absolute Gasteiger partial charge is 0.349 e. The fourth-order valence-corrected chi connectivity index (χ4v) is 1.47. The Kier molecular flexibility index (Phi) is 4.33. The Morgan fingerprint density at radius 2 is 2.53 bits per heavy atom. The lowest BCUT2D eigenvalue weighted by molar-refractivity contribution is 0.0532. The quantitative estimate of drug-likeness (QED) is 0.560. The molecule has 15 heavy (non-hydrogen) atoms. The maximum atomic E-state index is 11.2. The largest absolute Gasteiger partial charge is 0.462 e. The average Bonchev–Trinajstić information content (AvgIpc) is 2.67. The molecule has 0 saturated heterocycles. The molecule has 0 amide bonds. The van der Waals surface area contributed by atoms with E-state index < -0.39 is 0 Å². The first kappa shape index (κ1) is 11.2. The molecule has 1 rings (SSSR count). The summed E-state index contributed by atoms with van der Waals surface area (Å²) >= 11 is 1.16. The minimum Gasteiger partial charge on any atom is -0.462 e. The SMILES string of the molecule is CCOC(=O)c1cnc(C#CCC#N)s1. The molecule has 0 bridgehead atoms. The molecular formula is C10H8N2O2S. The van der Waals surface area contributed by atoms with Crippen molar-refractivity contribution in [2.45, 2.75) is 13.3 Å². The van der Waals surface area contributed by atoms with Gasteiger partial charge in [0.2, 0.25) is 0 Å². The number of nitrogens with zero attached hydrogens (tertiary/aromatic N) is 2. The van der Waals surface area contributed by atoms with Crippen molar-refractivity contribution < 1.29 is 9.53 Å². The predicted octanol–water partition coefficient (Wildman–Crippen LogP) is 1.58. The van der Waals surface area contributed by atoms with Gasteiger partial charge >= 0.3 is 5.97 Å². The molecule has 0 radical (unpaired) electrons. The number of rotatable bonds is 2. The third kappa shape index (κ3) is 3.41. The molecule has 0 atom stereocenters. The molecule has 1 heterocycles. The summed E-state index contributed by atoms with van der Waals surface area (Å²) in [6.07, 6.45) is 1.59. The van der Waals surface area contributed by atoms with Crippen LogP contribution in [0.25, 0.3) is 0 Å². The highest BCUT2D eigenvalue weighted by molar-refractivity contribution is 7.14. The molecule has 0 spiro atoms. The summed E-state index contributed by atoms with van der Waals surface area (Å²) in [5.74, 6) is 4.92. The summed E-state index contributed by atoms with van der Waals surface area (Å²) in [4.78, 5) is 15.6. The molecule has 0 fully saturated rings. The third-order valence-corrected chi connectivity index (χ3v) is 2.24. The molecule has 5 heteroatoms. The lowest BCUT2D eigenvalue weighted by atomic mass is 10.5. The minimum atomic E-state index is -0.386. The summed E-state index contributed by atoms with van der Waals surface area (Å²) < 4.78 is 4.80. The van der Waals surface area contributed by atoms with Crippen molar-refractivity contribution in [2.24, 2.45) is 0 Å². The zero-order valence-electron chi connectivity index (χ0n) is 8.11. The van der Waals surface area contributed by atoms with Crippen LogP contribution in [0.1, 0.15) is 28.0 Å². The maximum absolute atomic E-state index is 11.2. The number of esters is 1. The molecular weight excluding hydrogens is 212 g/mol. The van der Waals surface area contributed by atoms with Crippen LogP contribution in [-0.4, -0.2) is 17.6 Å². The first-order valence-electron chi connectivity index (χ1n) is 4.26. The van der Waals surface area contributed by atoms with Gasteiger partial charge in [-0.15, -0.1) is 0 Å². The molecule has 0 N–H and O–H groups in total. The Morgan fingerprint density at radius 3 is 3.20 bits per heavy atom. The highest BCUT2D eigenvalue weighted by atomic mass is 32.1. The molecule has 1 aromatic rings. The molecule has 4 nitrogen and oxygen atoms in total. The second kappa shape index (κ2) is 5.79. The molecule has 0 aliphatic rings. The second-order valence-corrected chi connectivity index (χ2v) is 3.42. The highest BCUT2D eigenvalue weighted by Gasteiger charge is 2.09. The number of nitriles is 1. The van der Waals surface area contributed by atoms with E-state index in [-0.39, 0.29) is 12.4 Å². The van der Waals surface area contributed by atoms with Crippen LogP contribution in [0.2, 0.25) is 0 Å². The van der Waals surface area contributed by atoms with Crippen molar-refractivity contribution in [3.63, 3.8) is 0 Å². The number of carbonyl (C=O) groups excluding carboxylic acids is 1. The topological polar surface area (TPSA) is 63.0 Å². The molecule has 1 aromatic heterocycles. The Morgan fingerprint density at radius 1 is 1.73 bits per heavy atom. The van der Waals surface area contributed by atoms with E-state index in [9.17, 15) is 4.79 Å². The average molecular weight is 220 g/mol. The summed E-state index contributed by atoms with van der Waals surface area (Å²) in [5.41, 5.74) is 0. The molecule has 76 valence electrons. The molecule has 0 unspecified atom stereocenters. The van der Waals surface area contributed by atoms with E-state index in [1.165, 1.54) is 6.20 Å². The number of hydrogen-bond acceptors (Lipinski definition) is 5. The van der Waals surface area contributed by atoms with Gasteiger partial charge in [0.15, 0.2) is 5.01 Å². The van der Waals surface area contributed by atoms with Gasteiger partial charge < -0.3 is 4.74 Å². The van der Waals surface area contributed by atoms with Gasteiger partial charge in [0.05, 0.1) is 25.3 Å². The van der Waals surface area contributed by atoms with Gasteiger partial charge in [0.1, 0.15) is 4.88 Å². The molecule has 0 aromatic carbocycles. The normalized spacial score (nSPS) is 8.53.